The number of carbonyl (C=O) groups is 1. The highest BCUT2D eigenvalue weighted by Crippen LogP contribution is 2.17. The maximum Gasteiger partial charge on any atom is 0.232 e. The summed E-state index contributed by atoms with van der Waals surface area (Å²) in [6.07, 6.45) is 9.93. The lowest BCUT2D eigenvalue weighted by atomic mass is 10.2. The van der Waals surface area contributed by atoms with Crippen LogP contribution in [0.2, 0.25) is 0 Å². The Labute approximate surface area is 67.4 Å². The van der Waals surface area contributed by atoms with Crippen LogP contribution in [0.4, 0.5) is 0 Å². The SMILES string of the molecule is C#CCC(=O)NC1CCCC1. The van der Waals surface area contributed by atoms with Crippen LogP contribution >= 0.6 is 0 Å². The molecular formula is C9H13NO. The van der Waals surface area contributed by atoms with E-state index in [-0.39, 0.29) is 12.3 Å². The molecule has 0 unspecified atom stereocenters. The van der Waals surface area contributed by atoms with Crippen molar-refractivity contribution >= 4 is 5.91 Å². The zero-order chi connectivity index (χ0) is 8.10. The van der Waals surface area contributed by atoms with Gasteiger partial charge in [-0.15, -0.1) is 6.42 Å². The average molecular weight is 151 g/mol. The van der Waals surface area contributed by atoms with E-state index in [0.29, 0.717) is 6.04 Å². The van der Waals surface area contributed by atoms with Crippen molar-refractivity contribution in [2.45, 2.75) is 38.1 Å². The zero-order valence-electron chi connectivity index (χ0n) is 6.60. The molecule has 1 aliphatic rings. The summed E-state index contributed by atoms with van der Waals surface area (Å²) in [4.78, 5) is 10.9. The minimum atomic E-state index is -0.000556. The highest BCUT2D eigenvalue weighted by Gasteiger charge is 2.15. The lowest BCUT2D eigenvalue weighted by Gasteiger charge is -2.09. The number of carbonyl (C=O) groups excluding carboxylic acids is 1. The molecule has 1 aliphatic carbocycles. The molecule has 0 bridgehead atoms. The first-order valence-electron chi connectivity index (χ1n) is 4.06. The van der Waals surface area contributed by atoms with Gasteiger partial charge in [0.1, 0.15) is 0 Å². The zero-order valence-corrected chi connectivity index (χ0v) is 6.60. The predicted molar refractivity (Wildman–Crippen MR) is 43.8 cm³/mol. The molecule has 0 aromatic carbocycles. The van der Waals surface area contributed by atoms with Crippen molar-refractivity contribution in [2.24, 2.45) is 0 Å². The summed E-state index contributed by atoms with van der Waals surface area (Å²) in [6.45, 7) is 0. The Bertz CT molecular complexity index is 174. The summed E-state index contributed by atoms with van der Waals surface area (Å²) < 4.78 is 0. The lowest BCUT2D eigenvalue weighted by molar-refractivity contribution is -0.120. The van der Waals surface area contributed by atoms with Crippen LogP contribution < -0.4 is 5.32 Å². The van der Waals surface area contributed by atoms with Crippen molar-refractivity contribution in [1.82, 2.24) is 5.32 Å². The van der Waals surface area contributed by atoms with Gasteiger partial charge in [0.25, 0.3) is 0 Å². The third-order valence-electron chi connectivity index (χ3n) is 1.98. The van der Waals surface area contributed by atoms with Gasteiger partial charge in [0.15, 0.2) is 0 Å². The molecule has 60 valence electrons. The first-order valence-corrected chi connectivity index (χ1v) is 4.06. The first kappa shape index (κ1) is 8.13. The van der Waals surface area contributed by atoms with Gasteiger partial charge in [-0.1, -0.05) is 18.8 Å². The molecule has 0 aromatic heterocycles. The number of nitrogens with one attached hydrogen (secondary N) is 1. The molecule has 0 spiro atoms. The van der Waals surface area contributed by atoms with E-state index in [9.17, 15) is 4.79 Å². The molecule has 0 aliphatic heterocycles. The smallest absolute Gasteiger partial charge is 0.232 e. The van der Waals surface area contributed by atoms with Crippen LogP contribution in [0.1, 0.15) is 32.1 Å². The van der Waals surface area contributed by atoms with Crippen LogP contribution in [-0.4, -0.2) is 11.9 Å². The van der Waals surface area contributed by atoms with Gasteiger partial charge in [0.05, 0.1) is 6.42 Å². The Morgan fingerprint density at radius 1 is 1.55 bits per heavy atom. The van der Waals surface area contributed by atoms with Crippen LogP contribution in [0.25, 0.3) is 0 Å². The third-order valence-corrected chi connectivity index (χ3v) is 1.98. The van der Waals surface area contributed by atoms with Crippen LogP contribution in [0, 0.1) is 12.3 Å². The predicted octanol–water partition coefficient (Wildman–Crippen LogP) is 1.07. The summed E-state index contributed by atoms with van der Waals surface area (Å²) >= 11 is 0. The van der Waals surface area contributed by atoms with Crippen molar-refractivity contribution < 1.29 is 4.79 Å². The van der Waals surface area contributed by atoms with Gasteiger partial charge >= 0.3 is 0 Å². The van der Waals surface area contributed by atoms with E-state index >= 15 is 0 Å². The monoisotopic (exact) mass is 151 g/mol. The summed E-state index contributed by atoms with van der Waals surface area (Å²) in [5.41, 5.74) is 0. The normalized spacial score (nSPS) is 17.7. The van der Waals surface area contributed by atoms with E-state index in [1.807, 2.05) is 0 Å². The molecule has 0 saturated heterocycles. The molecule has 1 fully saturated rings. The van der Waals surface area contributed by atoms with Gasteiger partial charge in [0.2, 0.25) is 5.91 Å². The van der Waals surface area contributed by atoms with Gasteiger partial charge in [-0.2, -0.15) is 0 Å². The van der Waals surface area contributed by atoms with Crippen molar-refractivity contribution in [3.05, 3.63) is 0 Å². The van der Waals surface area contributed by atoms with Gasteiger partial charge in [0, 0.05) is 6.04 Å². The third kappa shape index (κ3) is 2.63. The number of hydrogen-bond donors (Lipinski definition) is 1. The van der Waals surface area contributed by atoms with E-state index < -0.39 is 0 Å². The molecule has 11 heavy (non-hydrogen) atoms. The second-order valence-electron chi connectivity index (χ2n) is 2.93. The van der Waals surface area contributed by atoms with Gasteiger partial charge in [-0.3, -0.25) is 4.79 Å². The molecule has 1 saturated carbocycles. The Kier molecular flexibility index (Phi) is 2.97. The van der Waals surface area contributed by atoms with Gasteiger partial charge in [-0.05, 0) is 12.8 Å². The quantitative estimate of drug-likeness (QED) is 0.588. The van der Waals surface area contributed by atoms with Crippen molar-refractivity contribution in [3.8, 4) is 12.3 Å². The van der Waals surface area contributed by atoms with E-state index in [0.717, 1.165) is 12.8 Å². The van der Waals surface area contributed by atoms with Crippen molar-refractivity contribution in [2.75, 3.05) is 0 Å². The maximum absolute atomic E-state index is 10.9. The summed E-state index contributed by atoms with van der Waals surface area (Å²) in [7, 11) is 0. The minimum absolute atomic E-state index is 0.000556. The van der Waals surface area contributed by atoms with Crippen molar-refractivity contribution in [3.63, 3.8) is 0 Å². The molecule has 1 N–H and O–H groups in total. The lowest BCUT2D eigenvalue weighted by Crippen LogP contribution is -2.31. The Morgan fingerprint density at radius 2 is 2.18 bits per heavy atom. The largest absolute Gasteiger partial charge is 0.353 e. The number of hydrogen-bond acceptors (Lipinski definition) is 1. The molecule has 1 rings (SSSR count). The first-order chi connectivity index (χ1) is 5.33. The number of terminal acetylenes is 1. The summed E-state index contributed by atoms with van der Waals surface area (Å²) in [5.74, 6) is 2.33. The van der Waals surface area contributed by atoms with Crippen LogP contribution in [0.3, 0.4) is 0 Å². The van der Waals surface area contributed by atoms with E-state index in [1.165, 1.54) is 12.8 Å². The minimum Gasteiger partial charge on any atom is -0.353 e. The molecule has 0 heterocycles. The molecule has 0 radical (unpaired) electrons. The second-order valence-corrected chi connectivity index (χ2v) is 2.93. The Morgan fingerprint density at radius 3 is 2.73 bits per heavy atom. The van der Waals surface area contributed by atoms with Gasteiger partial charge < -0.3 is 5.32 Å². The number of rotatable bonds is 2. The van der Waals surface area contributed by atoms with Crippen LogP contribution in [-0.2, 0) is 4.79 Å². The average Bonchev–Trinajstić information content (AvgIpc) is 2.40. The summed E-state index contributed by atoms with van der Waals surface area (Å²) in [6, 6.07) is 0.399. The highest BCUT2D eigenvalue weighted by molar-refractivity contribution is 5.78. The molecule has 0 aromatic rings. The molecule has 2 heteroatoms. The fourth-order valence-electron chi connectivity index (χ4n) is 1.44. The fraction of sp³-hybridized carbons (Fsp3) is 0.667. The fourth-order valence-corrected chi connectivity index (χ4v) is 1.44. The van der Waals surface area contributed by atoms with Gasteiger partial charge in [-0.25, -0.2) is 0 Å². The molecule has 2 nitrogen and oxygen atoms in total. The highest BCUT2D eigenvalue weighted by atomic mass is 16.1. The maximum atomic E-state index is 10.9. The van der Waals surface area contributed by atoms with Crippen LogP contribution in [0.5, 0.6) is 0 Å². The second kappa shape index (κ2) is 4.02. The molecule has 1 amide bonds. The Hall–Kier alpha value is -0.970. The van der Waals surface area contributed by atoms with E-state index in [2.05, 4.69) is 11.2 Å². The summed E-state index contributed by atoms with van der Waals surface area (Å²) in [5, 5.41) is 2.90. The Balaban J connectivity index is 2.19. The standard InChI is InChI=1S/C9H13NO/c1-2-5-9(11)10-8-6-3-4-7-8/h1,8H,3-7H2,(H,10,11). The van der Waals surface area contributed by atoms with E-state index in [1.54, 1.807) is 0 Å². The van der Waals surface area contributed by atoms with Crippen LogP contribution in [0.15, 0.2) is 0 Å². The molecule has 0 atom stereocenters. The topological polar surface area (TPSA) is 29.1 Å². The van der Waals surface area contributed by atoms with Crippen molar-refractivity contribution in [1.29, 1.82) is 0 Å². The molecular weight excluding hydrogens is 138 g/mol. The van der Waals surface area contributed by atoms with E-state index in [4.69, 9.17) is 6.42 Å². The number of amides is 1.